The van der Waals surface area contributed by atoms with Gasteiger partial charge in [-0.2, -0.15) is 0 Å². The van der Waals surface area contributed by atoms with Gasteiger partial charge < -0.3 is 5.73 Å². The Balaban J connectivity index is 2.35. The van der Waals surface area contributed by atoms with Gasteiger partial charge in [0.25, 0.3) is 0 Å². The maximum absolute atomic E-state index is 6.13. The molecule has 0 atom stereocenters. The minimum Gasteiger partial charge on any atom is -0.397 e. The van der Waals surface area contributed by atoms with Gasteiger partial charge in [0.15, 0.2) is 0 Å². The van der Waals surface area contributed by atoms with Crippen LogP contribution in [0.1, 0.15) is 56.2 Å². The highest BCUT2D eigenvalue weighted by Gasteiger charge is 2.24. The lowest BCUT2D eigenvalue weighted by atomic mass is 9.81. The van der Waals surface area contributed by atoms with Crippen molar-refractivity contribution in [2.24, 2.45) is 0 Å². The Bertz CT molecular complexity index is 327. The molecule has 1 saturated carbocycles. The first-order valence-corrected chi connectivity index (χ1v) is 5.44. The number of nitrogen functional groups attached to an aromatic ring is 1. The number of anilines is 1. The Morgan fingerprint density at radius 1 is 1.43 bits per heavy atom. The van der Waals surface area contributed by atoms with Crippen LogP contribution in [0.25, 0.3) is 0 Å². The summed E-state index contributed by atoms with van der Waals surface area (Å²) < 4.78 is 0. The van der Waals surface area contributed by atoms with E-state index in [1.54, 1.807) is 0 Å². The number of aromatic nitrogens is 1. The molecule has 14 heavy (non-hydrogen) atoms. The third-order valence-electron chi connectivity index (χ3n) is 3.17. The Hall–Kier alpha value is -1.05. The summed E-state index contributed by atoms with van der Waals surface area (Å²) in [6.07, 6.45) is 5.76. The molecule has 2 heteroatoms. The first-order valence-electron chi connectivity index (χ1n) is 5.44. The van der Waals surface area contributed by atoms with Gasteiger partial charge in [-0.3, -0.25) is 4.98 Å². The van der Waals surface area contributed by atoms with Crippen molar-refractivity contribution in [1.29, 1.82) is 0 Å². The van der Waals surface area contributed by atoms with Crippen LogP contribution in [0.5, 0.6) is 0 Å². The van der Waals surface area contributed by atoms with Gasteiger partial charge in [-0.25, -0.2) is 0 Å². The second-order valence-corrected chi connectivity index (χ2v) is 4.48. The summed E-state index contributed by atoms with van der Waals surface area (Å²) in [5, 5.41) is 0. The highest BCUT2D eigenvalue weighted by molar-refractivity contribution is 5.53. The molecule has 1 fully saturated rings. The molecule has 0 radical (unpaired) electrons. The van der Waals surface area contributed by atoms with Gasteiger partial charge >= 0.3 is 0 Å². The summed E-state index contributed by atoms with van der Waals surface area (Å²) in [5.41, 5.74) is 9.46. The Labute approximate surface area is 85.5 Å². The van der Waals surface area contributed by atoms with Crippen molar-refractivity contribution in [1.82, 2.24) is 4.98 Å². The third kappa shape index (κ3) is 1.49. The Morgan fingerprint density at radius 3 is 2.64 bits per heavy atom. The number of hydrogen-bond donors (Lipinski definition) is 1. The maximum atomic E-state index is 6.13. The van der Waals surface area contributed by atoms with Gasteiger partial charge in [0.1, 0.15) is 0 Å². The predicted octanol–water partition coefficient (Wildman–Crippen LogP) is 3.05. The van der Waals surface area contributed by atoms with Gasteiger partial charge in [0, 0.05) is 12.1 Å². The van der Waals surface area contributed by atoms with E-state index in [2.05, 4.69) is 18.8 Å². The van der Waals surface area contributed by atoms with E-state index in [0.29, 0.717) is 11.8 Å². The normalized spacial score (nSPS) is 17.1. The number of pyridine rings is 1. The smallest absolute Gasteiger partial charge is 0.0666 e. The molecule has 1 aliphatic rings. The second-order valence-electron chi connectivity index (χ2n) is 4.48. The quantitative estimate of drug-likeness (QED) is 0.778. The van der Waals surface area contributed by atoms with Crippen molar-refractivity contribution in [2.75, 3.05) is 5.73 Å². The molecule has 0 aliphatic heterocycles. The highest BCUT2D eigenvalue weighted by atomic mass is 14.8. The van der Waals surface area contributed by atoms with Gasteiger partial charge in [-0.1, -0.05) is 20.3 Å². The van der Waals surface area contributed by atoms with Crippen molar-refractivity contribution < 1.29 is 0 Å². The van der Waals surface area contributed by atoms with Crippen LogP contribution in [-0.4, -0.2) is 4.98 Å². The van der Waals surface area contributed by atoms with Crippen molar-refractivity contribution in [2.45, 2.75) is 44.9 Å². The molecule has 0 bridgehead atoms. The SMILES string of the molecule is CC(C)c1ccnc(C2CCC2)c1N. The topological polar surface area (TPSA) is 38.9 Å². The Kier molecular flexibility index (Phi) is 2.44. The van der Waals surface area contributed by atoms with Crippen LogP contribution in [0, 0.1) is 0 Å². The summed E-state index contributed by atoms with van der Waals surface area (Å²) in [6, 6.07) is 2.04. The largest absolute Gasteiger partial charge is 0.397 e. The van der Waals surface area contributed by atoms with E-state index >= 15 is 0 Å². The number of hydrogen-bond acceptors (Lipinski definition) is 2. The van der Waals surface area contributed by atoms with Crippen molar-refractivity contribution in [3.8, 4) is 0 Å². The van der Waals surface area contributed by atoms with Gasteiger partial charge in [0.05, 0.1) is 11.4 Å². The molecule has 0 saturated heterocycles. The fraction of sp³-hybridized carbons (Fsp3) is 0.583. The zero-order valence-corrected chi connectivity index (χ0v) is 8.96. The van der Waals surface area contributed by atoms with Crippen molar-refractivity contribution >= 4 is 5.69 Å². The van der Waals surface area contributed by atoms with Gasteiger partial charge in [0.2, 0.25) is 0 Å². The molecule has 1 aromatic heterocycles. The van der Waals surface area contributed by atoms with Gasteiger partial charge in [-0.05, 0) is 30.4 Å². The molecule has 2 rings (SSSR count). The first-order chi connectivity index (χ1) is 6.70. The lowest BCUT2D eigenvalue weighted by Gasteiger charge is -2.27. The molecule has 1 heterocycles. The van der Waals surface area contributed by atoms with Crippen LogP contribution in [0.3, 0.4) is 0 Å². The molecule has 0 aromatic carbocycles. The first kappa shape index (κ1) is 9.50. The molecule has 0 amide bonds. The van der Waals surface area contributed by atoms with E-state index in [9.17, 15) is 0 Å². The van der Waals surface area contributed by atoms with E-state index in [-0.39, 0.29) is 0 Å². The number of nitrogens with zero attached hydrogens (tertiary/aromatic N) is 1. The standard InChI is InChI=1S/C12H18N2/c1-8(2)10-6-7-14-12(11(10)13)9-4-3-5-9/h6-9H,3-5,13H2,1-2H3. The van der Waals surface area contributed by atoms with Gasteiger partial charge in [-0.15, -0.1) is 0 Å². The monoisotopic (exact) mass is 190 g/mol. The van der Waals surface area contributed by atoms with Crippen molar-refractivity contribution in [3.63, 3.8) is 0 Å². The summed E-state index contributed by atoms with van der Waals surface area (Å²) in [6.45, 7) is 4.35. The maximum Gasteiger partial charge on any atom is 0.0666 e. The van der Waals surface area contributed by atoms with Crippen LogP contribution < -0.4 is 5.73 Å². The zero-order chi connectivity index (χ0) is 10.1. The van der Waals surface area contributed by atoms with Crippen LogP contribution in [0.15, 0.2) is 12.3 Å². The molecule has 0 unspecified atom stereocenters. The van der Waals surface area contributed by atoms with Crippen LogP contribution in [0.4, 0.5) is 5.69 Å². The fourth-order valence-corrected chi connectivity index (χ4v) is 2.02. The minimum absolute atomic E-state index is 0.497. The Morgan fingerprint density at radius 2 is 2.14 bits per heavy atom. The molecule has 2 nitrogen and oxygen atoms in total. The van der Waals surface area contributed by atoms with Crippen molar-refractivity contribution in [3.05, 3.63) is 23.5 Å². The van der Waals surface area contributed by atoms with Crippen LogP contribution in [0.2, 0.25) is 0 Å². The molecular weight excluding hydrogens is 172 g/mol. The summed E-state index contributed by atoms with van der Waals surface area (Å²) in [5.74, 6) is 1.13. The second kappa shape index (κ2) is 3.60. The lowest BCUT2D eigenvalue weighted by Crippen LogP contribution is -2.14. The van der Waals surface area contributed by atoms with Crippen LogP contribution in [-0.2, 0) is 0 Å². The molecule has 0 spiro atoms. The van der Waals surface area contributed by atoms with E-state index < -0.39 is 0 Å². The minimum atomic E-state index is 0.497. The highest BCUT2D eigenvalue weighted by Crippen LogP contribution is 2.39. The predicted molar refractivity (Wildman–Crippen MR) is 59.3 cm³/mol. The zero-order valence-electron chi connectivity index (χ0n) is 8.96. The molecule has 1 aromatic rings. The lowest BCUT2D eigenvalue weighted by molar-refractivity contribution is 0.412. The fourth-order valence-electron chi connectivity index (χ4n) is 2.02. The summed E-state index contributed by atoms with van der Waals surface area (Å²) >= 11 is 0. The summed E-state index contributed by atoms with van der Waals surface area (Å²) in [7, 11) is 0. The third-order valence-corrected chi connectivity index (χ3v) is 3.17. The molecule has 2 N–H and O–H groups in total. The number of nitrogens with two attached hydrogens (primary N) is 1. The van der Waals surface area contributed by atoms with E-state index in [4.69, 9.17) is 5.73 Å². The molecule has 1 aliphatic carbocycles. The average Bonchev–Trinajstić information content (AvgIpc) is 2.04. The number of rotatable bonds is 2. The molecule has 76 valence electrons. The van der Waals surface area contributed by atoms with E-state index in [1.165, 1.54) is 24.8 Å². The van der Waals surface area contributed by atoms with E-state index in [0.717, 1.165) is 11.4 Å². The average molecular weight is 190 g/mol. The molecular formula is C12H18N2. The summed E-state index contributed by atoms with van der Waals surface area (Å²) in [4.78, 5) is 4.42. The van der Waals surface area contributed by atoms with E-state index in [1.807, 2.05) is 12.3 Å². The van der Waals surface area contributed by atoms with Crippen LogP contribution >= 0.6 is 0 Å².